The number of esters is 1. The summed E-state index contributed by atoms with van der Waals surface area (Å²) in [7, 11) is 1.28. The Labute approximate surface area is 263 Å². The highest BCUT2D eigenvalue weighted by atomic mass is 35.5. The fourth-order valence-electron chi connectivity index (χ4n) is 5.24. The van der Waals surface area contributed by atoms with Crippen molar-refractivity contribution in [1.82, 2.24) is 14.5 Å². The minimum Gasteiger partial charge on any atom is -0.484 e. The average Bonchev–Trinajstić information content (AvgIpc) is 3.60. The van der Waals surface area contributed by atoms with Gasteiger partial charge in [0.05, 0.1) is 18.1 Å². The molecule has 0 unspecified atom stereocenters. The molecule has 1 saturated heterocycles. The number of thiophene rings is 1. The number of likely N-dealkylation sites (tertiary alicyclic amines) is 1. The topological polar surface area (TPSA) is 82.9 Å². The fraction of sp³-hybridized carbons (Fsp3) is 0.406. The summed E-state index contributed by atoms with van der Waals surface area (Å²) in [5, 5.41) is 1.07. The number of piperidine rings is 1. The molecular weight excluding hydrogens is 612 g/mol. The van der Waals surface area contributed by atoms with Crippen LogP contribution >= 0.6 is 22.9 Å². The lowest BCUT2D eigenvalue weighted by atomic mass is 9.86. The Hall–Kier alpha value is -3.70. The van der Waals surface area contributed by atoms with Gasteiger partial charge in [0, 0.05) is 41.2 Å². The molecule has 0 spiro atoms. The van der Waals surface area contributed by atoms with E-state index in [1.165, 1.54) is 30.5 Å². The average molecular weight is 646 g/mol. The van der Waals surface area contributed by atoms with Crippen LogP contribution in [0.15, 0.2) is 54.9 Å². The van der Waals surface area contributed by atoms with Crippen molar-refractivity contribution in [2.45, 2.75) is 58.2 Å². The lowest BCUT2D eigenvalue weighted by Gasteiger charge is -2.36. The van der Waals surface area contributed by atoms with Gasteiger partial charge in [0.1, 0.15) is 28.8 Å². The third-order valence-electron chi connectivity index (χ3n) is 7.53. The zero-order valence-corrected chi connectivity index (χ0v) is 26.7. The molecule has 1 aliphatic rings. The van der Waals surface area contributed by atoms with E-state index in [0.717, 1.165) is 16.9 Å². The molecule has 12 heteroatoms. The highest BCUT2D eigenvalue weighted by molar-refractivity contribution is 7.16. The van der Waals surface area contributed by atoms with Crippen molar-refractivity contribution in [3.05, 3.63) is 75.9 Å². The number of nitrogens with zero attached hydrogens (tertiary/aromatic N) is 3. The van der Waals surface area contributed by atoms with Crippen LogP contribution in [0.2, 0.25) is 5.02 Å². The third kappa shape index (κ3) is 6.53. The van der Waals surface area contributed by atoms with Gasteiger partial charge in [-0.3, -0.25) is 4.57 Å². The molecule has 1 aliphatic heterocycles. The normalized spacial score (nSPS) is 15.3. The summed E-state index contributed by atoms with van der Waals surface area (Å²) in [5.74, 6) is -4.40. The number of alkyl halides is 2. The van der Waals surface area contributed by atoms with Gasteiger partial charge in [-0.05, 0) is 58.7 Å². The Balaban J connectivity index is 1.41. The number of hydrogen-bond donors (Lipinski definition) is 0. The summed E-state index contributed by atoms with van der Waals surface area (Å²) in [6, 6.07) is 13.3. The standard InChI is InChI=1S/C32H34ClF2N3O5S/c1-19(22-8-6-7-9-23(22)33)42-26-17-27(44-28(26)29(39)41-5)38-18-36-24-11-10-21(16-25(24)38)32(34,35)20-12-14-37(15-13-20)30(40)43-31(2,3)4/h6-11,16-20H,12-15H2,1-5H3/t19-/m1/s1. The summed E-state index contributed by atoms with van der Waals surface area (Å²) in [4.78, 5) is 31.2. The van der Waals surface area contributed by atoms with Crippen LogP contribution in [0, 0.1) is 5.92 Å². The van der Waals surface area contributed by atoms with Crippen molar-refractivity contribution in [2.75, 3.05) is 20.2 Å². The Morgan fingerprint density at radius 2 is 1.80 bits per heavy atom. The first-order valence-electron chi connectivity index (χ1n) is 14.3. The van der Waals surface area contributed by atoms with Gasteiger partial charge in [-0.25, -0.2) is 23.4 Å². The monoisotopic (exact) mass is 645 g/mol. The zero-order chi connectivity index (χ0) is 31.8. The van der Waals surface area contributed by atoms with Gasteiger partial charge in [0.25, 0.3) is 5.92 Å². The summed E-state index contributed by atoms with van der Waals surface area (Å²) in [6.45, 7) is 7.52. The second kappa shape index (κ2) is 12.4. The number of carbonyl (C=O) groups excluding carboxylic acids is 2. The zero-order valence-electron chi connectivity index (χ0n) is 25.1. The molecule has 0 radical (unpaired) electrons. The quantitative estimate of drug-likeness (QED) is 0.188. The molecule has 2 aromatic heterocycles. The molecule has 8 nitrogen and oxygen atoms in total. The van der Waals surface area contributed by atoms with E-state index in [1.807, 2.05) is 25.1 Å². The van der Waals surface area contributed by atoms with Crippen LogP contribution in [0.4, 0.5) is 13.6 Å². The number of fused-ring (bicyclic) bond motifs is 1. The van der Waals surface area contributed by atoms with Gasteiger partial charge in [-0.2, -0.15) is 0 Å². The fourth-order valence-corrected chi connectivity index (χ4v) is 6.52. The van der Waals surface area contributed by atoms with Crippen LogP contribution in [0.5, 0.6) is 5.75 Å². The maximum absolute atomic E-state index is 15.9. The number of amides is 1. The number of imidazole rings is 1. The number of carbonyl (C=O) groups is 2. The van der Waals surface area contributed by atoms with E-state index in [2.05, 4.69) is 4.98 Å². The van der Waals surface area contributed by atoms with E-state index in [1.54, 1.807) is 43.5 Å². The number of ether oxygens (including phenoxy) is 3. The van der Waals surface area contributed by atoms with Crippen LogP contribution in [0.25, 0.3) is 16.0 Å². The lowest BCUT2D eigenvalue weighted by Crippen LogP contribution is -2.44. The Morgan fingerprint density at radius 3 is 2.45 bits per heavy atom. The van der Waals surface area contributed by atoms with Crippen molar-refractivity contribution in [1.29, 1.82) is 0 Å². The largest absolute Gasteiger partial charge is 0.484 e. The second-order valence-corrected chi connectivity index (χ2v) is 13.2. The van der Waals surface area contributed by atoms with E-state index in [4.69, 9.17) is 25.8 Å². The van der Waals surface area contributed by atoms with Crippen molar-refractivity contribution in [3.63, 3.8) is 0 Å². The molecule has 4 aromatic rings. The van der Waals surface area contributed by atoms with Gasteiger partial charge >= 0.3 is 12.1 Å². The van der Waals surface area contributed by atoms with Crippen LogP contribution in [-0.2, 0) is 15.4 Å². The molecule has 0 saturated carbocycles. The highest BCUT2D eigenvalue weighted by Crippen LogP contribution is 2.43. The van der Waals surface area contributed by atoms with Crippen molar-refractivity contribution in [3.8, 4) is 10.8 Å². The first-order valence-corrected chi connectivity index (χ1v) is 15.4. The molecule has 234 valence electrons. The summed E-state index contributed by atoms with van der Waals surface area (Å²) in [5.41, 5.74) is 0.920. The number of benzene rings is 2. The van der Waals surface area contributed by atoms with E-state index in [9.17, 15) is 9.59 Å². The van der Waals surface area contributed by atoms with Gasteiger partial charge in [-0.15, -0.1) is 11.3 Å². The molecule has 44 heavy (non-hydrogen) atoms. The Bertz CT molecular complexity index is 1670. The summed E-state index contributed by atoms with van der Waals surface area (Å²) < 4.78 is 50.0. The van der Waals surface area contributed by atoms with Gasteiger partial charge in [0.2, 0.25) is 0 Å². The van der Waals surface area contributed by atoms with Crippen LogP contribution in [-0.4, -0.2) is 52.3 Å². The maximum Gasteiger partial charge on any atom is 0.410 e. The number of halogens is 3. The molecule has 0 bridgehead atoms. The van der Waals surface area contributed by atoms with Crippen molar-refractivity contribution < 1.29 is 32.6 Å². The first kappa shape index (κ1) is 31.7. The minimum absolute atomic E-state index is 0.140. The number of aromatic nitrogens is 2. The lowest BCUT2D eigenvalue weighted by molar-refractivity contribution is -0.0860. The summed E-state index contributed by atoms with van der Waals surface area (Å²) in [6.07, 6.45) is 0.834. The highest BCUT2D eigenvalue weighted by Gasteiger charge is 2.44. The van der Waals surface area contributed by atoms with E-state index in [-0.39, 0.29) is 42.1 Å². The smallest absolute Gasteiger partial charge is 0.410 e. The third-order valence-corrected chi connectivity index (χ3v) is 8.97. The van der Waals surface area contributed by atoms with E-state index in [0.29, 0.717) is 21.1 Å². The van der Waals surface area contributed by atoms with E-state index < -0.39 is 35.6 Å². The predicted molar refractivity (Wildman–Crippen MR) is 165 cm³/mol. The maximum atomic E-state index is 15.9. The van der Waals surface area contributed by atoms with Gasteiger partial charge in [-0.1, -0.05) is 35.9 Å². The molecular formula is C32H34ClF2N3O5S. The molecule has 2 aromatic carbocycles. The number of hydrogen-bond acceptors (Lipinski definition) is 7. The van der Waals surface area contributed by atoms with Crippen LogP contribution in [0.1, 0.15) is 67.4 Å². The van der Waals surface area contributed by atoms with Crippen LogP contribution in [0.3, 0.4) is 0 Å². The predicted octanol–water partition coefficient (Wildman–Crippen LogP) is 8.41. The molecule has 0 aliphatic carbocycles. The van der Waals surface area contributed by atoms with Crippen molar-refractivity contribution in [2.24, 2.45) is 5.92 Å². The first-order chi connectivity index (χ1) is 20.8. The second-order valence-electron chi connectivity index (χ2n) is 11.7. The van der Waals surface area contributed by atoms with Gasteiger partial charge < -0.3 is 19.1 Å². The molecule has 1 atom stereocenters. The van der Waals surface area contributed by atoms with Crippen molar-refractivity contribution >= 4 is 46.0 Å². The minimum atomic E-state index is -3.14. The number of methoxy groups -OCH3 is 1. The SMILES string of the molecule is COC(=O)c1sc(-n2cnc3ccc(C(F)(F)C4CCN(C(=O)OC(C)(C)C)CC4)cc32)cc1O[C@H](C)c1ccccc1Cl. The molecule has 3 heterocycles. The molecule has 0 N–H and O–H groups in total. The van der Waals surface area contributed by atoms with Crippen LogP contribution < -0.4 is 4.74 Å². The molecule has 1 fully saturated rings. The molecule has 5 rings (SSSR count). The Kier molecular flexibility index (Phi) is 8.91. The Morgan fingerprint density at radius 1 is 1.09 bits per heavy atom. The number of rotatable bonds is 7. The van der Waals surface area contributed by atoms with E-state index >= 15 is 8.78 Å². The molecule has 1 amide bonds. The summed E-state index contributed by atoms with van der Waals surface area (Å²) >= 11 is 7.46. The van der Waals surface area contributed by atoms with Gasteiger partial charge in [0.15, 0.2) is 4.88 Å².